The van der Waals surface area contributed by atoms with Crippen molar-refractivity contribution in [3.05, 3.63) is 47.5 Å². The first kappa shape index (κ1) is 24.8. The normalized spacial score (nSPS) is 11.4. The van der Waals surface area contributed by atoms with E-state index in [1.54, 1.807) is 18.3 Å². The van der Waals surface area contributed by atoms with Gasteiger partial charge in [-0.3, -0.25) is 0 Å². The lowest BCUT2D eigenvalue weighted by Crippen LogP contribution is -2.10. The number of alkyl halides is 3. The number of benzene rings is 1. The smallest absolute Gasteiger partial charge is 0.420 e. The van der Waals surface area contributed by atoms with Gasteiger partial charge in [0.05, 0.1) is 25.0 Å². The summed E-state index contributed by atoms with van der Waals surface area (Å²) in [5.74, 6) is 0.344. The van der Waals surface area contributed by atoms with Crippen molar-refractivity contribution in [1.29, 1.82) is 0 Å². The van der Waals surface area contributed by atoms with Gasteiger partial charge in [0.1, 0.15) is 5.75 Å². The van der Waals surface area contributed by atoms with Crippen molar-refractivity contribution >= 4 is 22.2 Å². The molecule has 0 saturated heterocycles. The van der Waals surface area contributed by atoms with Crippen LogP contribution in [0.15, 0.2) is 41.9 Å². The second-order valence-electron chi connectivity index (χ2n) is 7.58. The van der Waals surface area contributed by atoms with Gasteiger partial charge >= 0.3 is 6.18 Å². The third-order valence-electron chi connectivity index (χ3n) is 5.04. The summed E-state index contributed by atoms with van der Waals surface area (Å²) >= 11 is 1.30. The van der Waals surface area contributed by atoms with Crippen molar-refractivity contribution in [3.63, 3.8) is 0 Å². The first-order valence-corrected chi connectivity index (χ1v) is 11.9. The molecule has 0 aliphatic rings. The van der Waals surface area contributed by atoms with Crippen molar-refractivity contribution in [3.8, 4) is 22.9 Å². The van der Waals surface area contributed by atoms with Crippen LogP contribution in [-0.2, 0) is 6.18 Å². The molecule has 3 aromatic rings. The predicted molar refractivity (Wildman–Crippen MR) is 125 cm³/mol. The van der Waals surface area contributed by atoms with E-state index in [2.05, 4.69) is 22.2 Å². The van der Waals surface area contributed by atoms with E-state index in [0.717, 1.165) is 43.7 Å². The van der Waals surface area contributed by atoms with Gasteiger partial charge in [0.25, 0.3) is 0 Å². The summed E-state index contributed by atoms with van der Waals surface area (Å²) in [4.78, 5) is 8.60. The van der Waals surface area contributed by atoms with Gasteiger partial charge < -0.3 is 14.8 Å². The molecule has 0 bridgehead atoms. The first-order valence-electron chi connectivity index (χ1n) is 11.0. The molecule has 2 aromatic heterocycles. The maximum absolute atomic E-state index is 13.6. The molecule has 33 heavy (non-hydrogen) atoms. The van der Waals surface area contributed by atoms with E-state index >= 15 is 0 Å². The average Bonchev–Trinajstić information content (AvgIpc) is 3.27. The van der Waals surface area contributed by atoms with E-state index in [-0.39, 0.29) is 12.4 Å². The van der Waals surface area contributed by atoms with Crippen LogP contribution in [0.5, 0.6) is 11.6 Å². The molecule has 0 aliphatic carbocycles. The van der Waals surface area contributed by atoms with E-state index in [1.165, 1.54) is 30.9 Å². The Hall–Kier alpha value is -2.81. The summed E-state index contributed by atoms with van der Waals surface area (Å²) in [6.07, 6.45) is 3.39. The maximum Gasteiger partial charge on any atom is 0.420 e. The number of anilines is 2. The van der Waals surface area contributed by atoms with Crippen LogP contribution < -0.4 is 14.8 Å². The minimum Gasteiger partial charge on any atom is -0.493 e. The Kier molecular flexibility index (Phi) is 8.94. The van der Waals surface area contributed by atoms with Crippen LogP contribution in [-0.4, -0.2) is 23.7 Å². The second kappa shape index (κ2) is 11.9. The largest absolute Gasteiger partial charge is 0.493 e. The Bertz CT molecular complexity index is 1010. The molecule has 178 valence electrons. The lowest BCUT2D eigenvalue weighted by Gasteiger charge is -2.15. The number of methoxy groups -OCH3 is 1. The summed E-state index contributed by atoms with van der Waals surface area (Å²) in [6.45, 7) is 2.42. The van der Waals surface area contributed by atoms with Gasteiger partial charge in [0.15, 0.2) is 5.13 Å². The Morgan fingerprint density at radius 1 is 1.03 bits per heavy atom. The van der Waals surface area contributed by atoms with Crippen LogP contribution in [0.2, 0.25) is 0 Å². The lowest BCUT2D eigenvalue weighted by molar-refractivity contribution is -0.138. The van der Waals surface area contributed by atoms with Crippen molar-refractivity contribution in [2.45, 2.75) is 51.6 Å². The second-order valence-corrected chi connectivity index (χ2v) is 8.44. The van der Waals surface area contributed by atoms with E-state index < -0.39 is 11.7 Å². The van der Waals surface area contributed by atoms with Crippen molar-refractivity contribution in [1.82, 2.24) is 9.97 Å². The number of thiazole rings is 1. The van der Waals surface area contributed by atoms with Gasteiger partial charge in [-0.1, -0.05) is 39.0 Å². The predicted octanol–water partition coefficient (Wildman–Crippen LogP) is 7.72. The number of pyridine rings is 1. The standard InChI is InChI=1S/C24H28F3N3O2S/c1-3-4-5-6-7-8-13-32-21-11-10-18(14-19(21)24(25,26)27)29-23-30-20(16-33-23)17-9-12-22(31-2)28-15-17/h9-12,14-16H,3-8,13H2,1-2H3,(H,29,30). The molecule has 1 aromatic carbocycles. The van der Waals surface area contributed by atoms with Gasteiger partial charge in [-0.25, -0.2) is 9.97 Å². The third-order valence-corrected chi connectivity index (χ3v) is 5.79. The van der Waals surface area contributed by atoms with Crippen LogP contribution in [0.1, 0.15) is 51.0 Å². The zero-order valence-corrected chi connectivity index (χ0v) is 19.6. The van der Waals surface area contributed by atoms with Crippen LogP contribution in [0.25, 0.3) is 11.3 Å². The molecule has 0 saturated carbocycles. The van der Waals surface area contributed by atoms with E-state index in [1.807, 2.05) is 11.4 Å². The molecule has 1 N–H and O–H groups in total. The summed E-state index contributed by atoms with van der Waals surface area (Å²) in [5, 5.41) is 5.25. The molecule has 0 amide bonds. The van der Waals surface area contributed by atoms with Gasteiger partial charge in [-0.2, -0.15) is 13.2 Å². The van der Waals surface area contributed by atoms with E-state index in [9.17, 15) is 13.2 Å². The molecule has 0 atom stereocenters. The molecule has 0 radical (unpaired) electrons. The zero-order chi connectivity index (χ0) is 23.7. The zero-order valence-electron chi connectivity index (χ0n) is 18.7. The number of aromatic nitrogens is 2. The molecule has 0 fully saturated rings. The first-order chi connectivity index (χ1) is 15.9. The highest BCUT2D eigenvalue weighted by Gasteiger charge is 2.34. The number of ether oxygens (including phenoxy) is 2. The highest BCUT2D eigenvalue weighted by atomic mass is 32.1. The number of nitrogens with zero attached hydrogens (tertiary/aromatic N) is 2. The fraction of sp³-hybridized carbons (Fsp3) is 0.417. The molecule has 5 nitrogen and oxygen atoms in total. The van der Waals surface area contributed by atoms with Gasteiger partial charge in [-0.15, -0.1) is 11.3 Å². The van der Waals surface area contributed by atoms with Crippen molar-refractivity contribution in [2.24, 2.45) is 0 Å². The monoisotopic (exact) mass is 479 g/mol. The number of rotatable bonds is 12. The maximum atomic E-state index is 13.6. The van der Waals surface area contributed by atoms with Gasteiger partial charge in [-0.05, 0) is 30.7 Å². The highest BCUT2D eigenvalue weighted by molar-refractivity contribution is 7.14. The number of unbranched alkanes of at least 4 members (excludes halogenated alkanes) is 5. The van der Waals surface area contributed by atoms with Crippen molar-refractivity contribution < 1.29 is 22.6 Å². The van der Waals surface area contributed by atoms with Gasteiger partial charge in [0.2, 0.25) is 5.88 Å². The number of hydrogen-bond donors (Lipinski definition) is 1. The van der Waals surface area contributed by atoms with Crippen molar-refractivity contribution in [2.75, 3.05) is 19.0 Å². The average molecular weight is 480 g/mol. The Labute approximate surface area is 196 Å². The molecule has 3 rings (SSSR count). The van der Waals surface area contributed by atoms with E-state index in [0.29, 0.717) is 22.4 Å². The summed E-state index contributed by atoms with van der Waals surface area (Å²) < 4.78 is 51.4. The quantitative estimate of drug-likeness (QED) is 0.270. The molecule has 2 heterocycles. The minimum absolute atomic E-state index is 0.147. The number of nitrogens with one attached hydrogen (secondary N) is 1. The summed E-state index contributed by atoms with van der Waals surface area (Å²) in [6, 6.07) is 7.54. The molecule has 9 heteroatoms. The minimum atomic E-state index is -4.52. The molecular weight excluding hydrogens is 451 g/mol. The molecule has 0 aliphatic heterocycles. The van der Waals surface area contributed by atoms with Crippen LogP contribution in [0.3, 0.4) is 0 Å². The highest BCUT2D eigenvalue weighted by Crippen LogP contribution is 2.39. The third kappa shape index (κ3) is 7.35. The number of hydrogen-bond acceptors (Lipinski definition) is 6. The van der Waals surface area contributed by atoms with Crippen LogP contribution in [0, 0.1) is 0 Å². The van der Waals surface area contributed by atoms with E-state index in [4.69, 9.17) is 9.47 Å². The van der Waals surface area contributed by atoms with Crippen LogP contribution >= 0.6 is 11.3 Å². The van der Waals surface area contributed by atoms with Crippen LogP contribution in [0.4, 0.5) is 24.0 Å². The Morgan fingerprint density at radius 2 is 1.82 bits per heavy atom. The summed E-state index contributed by atoms with van der Waals surface area (Å²) in [7, 11) is 1.53. The topological polar surface area (TPSA) is 56.3 Å². The SMILES string of the molecule is CCCCCCCCOc1ccc(Nc2nc(-c3ccc(OC)nc3)cs2)cc1C(F)(F)F. The Balaban J connectivity index is 1.64. The number of halogens is 3. The summed E-state index contributed by atoms with van der Waals surface area (Å²) in [5.41, 5.74) is 0.958. The fourth-order valence-electron chi connectivity index (χ4n) is 3.26. The lowest BCUT2D eigenvalue weighted by atomic mass is 10.1. The molecule has 0 spiro atoms. The van der Waals surface area contributed by atoms with Gasteiger partial charge in [0, 0.05) is 28.9 Å². The molecular formula is C24H28F3N3O2S. The molecule has 0 unspecified atom stereocenters. The Morgan fingerprint density at radius 3 is 2.52 bits per heavy atom. The fourth-order valence-corrected chi connectivity index (χ4v) is 4.00.